The van der Waals surface area contributed by atoms with Crippen molar-refractivity contribution < 1.29 is 8.85 Å². The zero-order valence-electron chi connectivity index (χ0n) is 12.3. The summed E-state index contributed by atoms with van der Waals surface area (Å²) in [4.78, 5) is 4.35. The Hall–Kier alpha value is -2.29. The first-order chi connectivity index (χ1) is 9.61. The van der Waals surface area contributed by atoms with Gasteiger partial charge in [0.1, 0.15) is 11.4 Å². The van der Waals surface area contributed by atoms with Crippen molar-refractivity contribution in [3.8, 4) is 17.0 Å². The zero-order chi connectivity index (χ0) is 14.3. The minimum atomic E-state index is 0.131. The first-order valence-electron chi connectivity index (χ1n) is 6.71. The van der Waals surface area contributed by atoms with Crippen LogP contribution in [0.4, 0.5) is 0 Å². The number of aromatic nitrogens is 2. The molecule has 3 heteroatoms. The van der Waals surface area contributed by atoms with Crippen LogP contribution < -0.4 is 4.74 Å². The summed E-state index contributed by atoms with van der Waals surface area (Å²) in [5.41, 5.74) is 1.32. The highest BCUT2D eigenvalue weighted by Crippen LogP contribution is 2.21. The fraction of sp³-hybridized carbons (Fsp3) is 0.0714. The third-order valence-corrected chi connectivity index (χ3v) is 2.48. The Morgan fingerprint density at radius 1 is 1.24 bits per heavy atom. The van der Waals surface area contributed by atoms with E-state index < -0.39 is 0 Å². The lowest BCUT2D eigenvalue weighted by molar-refractivity contribution is 0.415. The van der Waals surface area contributed by atoms with Crippen molar-refractivity contribution in [3.63, 3.8) is 0 Å². The van der Waals surface area contributed by atoms with E-state index in [0.717, 1.165) is 0 Å². The molecule has 0 saturated carbocycles. The van der Waals surface area contributed by atoms with Crippen LogP contribution >= 0.6 is 0 Å². The number of nitrogens with zero attached hydrogens (tertiary/aromatic N) is 2. The lowest BCUT2D eigenvalue weighted by Gasteiger charge is -1.99. The predicted molar refractivity (Wildman–Crippen MR) is 67.2 cm³/mol. The smallest absolute Gasteiger partial charge is 0.137 e. The average Bonchev–Trinajstić information content (AvgIpc) is 2.76. The maximum absolute atomic E-state index is 8.15. The molecule has 0 N–H and O–H groups in total. The number of hydrogen-bond donors (Lipinski definition) is 0. The molecule has 0 aliphatic carbocycles. The van der Waals surface area contributed by atoms with Crippen molar-refractivity contribution in [1.29, 1.82) is 0 Å². The molecule has 0 aliphatic heterocycles. The largest absolute Gasteiger partial charge is 0.497 e. The number of pyridine rings is 1. The molecule has 3 aromatic rings. The molecule has 0 radical (unpaired) electrons. The van der Waals surface area contributed by atoms with Crippen molar-refractivity contribution in [3.05, 3.63) is 54.8 Å². The summed E-state index contributed by atoms with van der Waals surface area (Å²) >= 11 is 0. The number of ether oxygens (including phenoxy) is 1. The van der Waals surface area contributed by atoms with E-state index in [0.29, 0.717) is 22.7 Å². The van der Waals surface area contributed by atoms with Crippen LogP contribution in [0.1, 0.15) is 4.11 Å². The lowest BCUT2D eigenvalue weighted by atomic mass is 10.2. The standard InChI is InChI=1S/C14H12N2O/c1-17-12-7-5-11(6-8-12)13-10-16-9-3-2-4-14(16)15-13/h2-10H,1H3/i5D,6D,10D. The number of imidazole rings is 1. The van der Waals surface area contributed by atoms with Crippen LogP contribution in [-0.2, 0) is 0 Å². The first-order valence-corrected chi connectivity index (χ1v) is 5.21. The number of methoxy groups -OCH3 is 1. The summed E-state index contributed by atoms with van der Waals surface area (Å²) in [6, 6.07) is 8.75. The molecule has 0 atom stereocenters. The third-order valence-electron chi connectivity index (χ3n) is 2.48. The monoisotopic (exact) mass is 227 g/mol. The van der Waals surface area contributed by atoms with Crippen LogP contribution in [0.25, 0.3) is 16.9 Å². The molecule has 0 aliphatic rings. The highest BCUT2D eigenvalue weighted by molar-refractivity contribution is 5.63. The Morgan fingerprint density at radius 2 is 2.06 bits per heavy atom. The molecule has 84 valence electrons. The van der Waals surface area contributed by atoms with Crippen LogP contribution in [0.15, 0.2) is 54.8 Å². The van der Waals surface area contributed by atoms with Crippen molar-refractivity contribution in [2.24, 2.45) is 0 Å². The maximum Gasteiger partial charge on any atom is 0.137 e. The van der Waals surface area contributed by atoms with Crippen molar-refractivity contribution in [2.75, 3.05) is 7.11 Å². The van der Waals surface area contributed by atoms with E-state index in [1.54, 1.807) is 16.7 Å². The summed E-state index contributed by atoms with van der Waals surface area (Å²) in [5.74, 6) is 0.457. The van der Waals surface area contributed by atoms with Crippen LogP contribution in [0.3, 0.4) is 0 Å². The molecule has 0 spiro atoms. The molecule has 0 saturated heterocycles. The molecule has 0 amide bonds. The van der Waals surface area contributed by atoms with E-state index in [4.69, 9.17) is 8.85 Å². The minimum Gasteiger partial charge on any atom is -0.497 e. The van der Waals surface area contributed by atoms with Crippen LogP contribution in [0.5, 0.6) is 5.75 Å². The van der Waals surface area contributed by atoms with E-state index in [-0.39, 0.29) is 18.3 Å². The molecule has 3 nitrogen and oxygen atoms in total. The Balaban J connectivity index is 2.28. The van der Waals surface area contributed by atoms with E-state index in [1.165, 1.54) is 19.2 Å². The molecule has 1 aromatic carbocycles. The van der Waals surface area contributed by atoms with Crippen molar-refractivity contribution in [2.45, 2.75) is 0 Å². The summed E-state index contributed by atoms with van der Waals surface area (Å²) < 4.78 is 30.9. The van der Waals surface area contributed by atoms with Gasteiger partial charge >= 0.3 is 0 Å². The Morgan fingerprint density at radius 3 is 2.76 bits per heavy atom. The maximum atomic E-state index is 8.15. The van der Waals surface area contributed by atoms with Gasteiger partial charge in [0.15, 0.2) is 0 Å². The zero-order valence-corrected chi connectivity index (χ0v) is 9.27. The second kappa shape index (κ2) is 3.94. The lowest BCUT2D eigenvalue weighted by Crippen LogP contribution is -1.82. The van der Waals surface area contributed by atoms with E-state index in [9.17, 15) is 0 Å². The molecular weight excluding hydrogens is 212 g/mol. The second-order valence-electron chi connectivity index (χ2n) is 3.56. The molecular formula is C14H12N2O. The van der Waals surface area contributed by atoms with Gasteiger partial charge in [0.2, 0.25) is 0 Å². The van der Waals surface area contributed by atoms with Gasteiger partial charge in [-0.15, -0.1) is 0 Å². The van der Waals surface area contributed by atoms with Gasteiger partial charge in [-0.2, -0.15) is 0 Å². The number of benzene rings is 1. The van der Waals surface area contributed by atoms with Crippen LogP contribution in [0, 0.1) is 0 Å². The first kappa shape index (κ1) is 7.12. The Kier molecular flexibility index (Phi) is 1.65. The van der Waals surface area contributed by atoms with Gasteiger partial charge in [-0.1, -0.05) is 6.07 Å². The van der Waals surface area contributed by atoms with Gasteiger partial charge in [-0.25, -0.2) is 4.98 Å². The summed E-state index contributed by atoms with van der Waals surface area (Å²) in [7, 11) is 1.49. The minimum absolute atomic E-state index is 0.131. The summed E-state index contributed by atoms with van der Waals surface area (Å²) in [6.45, 7) is 0. The molecule has 0 bridgehead atoms. The molecule has 3 rings (SSSR count). The average molecular weight is 227 g/mol. The van der Waals surface area contributed by atoms with E-state index in [2.05, 4.69) is 4.98 Å². The van der Waals surface area contributed by atoms with Gasteiger partial charge < -0.3 is 9.14 Å². The summed E-state index contributed by atoms with van der Waals surface area (Å²) in [6.07, 6.45) is 1.91. The molecule has 2 heterocycles. The van der Waals surface area contributed by atoms with Gasteiger partial charge in [0.05, 0.1) is 16.9 Å². The van der Waals surface area contributed by atoms with E-state index >= 15 is 0 Å². The normalized spacial score (nSPS) is 13.1. The number of fused-ring (bicyclic) bond motifs is 1. The van der Waals surface area contributed by atoms with E-state index in [1.807, 2.05) is 12.1 Å². The van der Waals surface area contributed by atoms with Crippen molar-refractivity contribution >= 4 is 5.65 Å². The molecule has 2 aromatic heterocycles. The summed E-state index contributed by atoms with van der Waals surface area (Å²) in [5, 5.41) is 0. The van der Waals surface area contributed by atoms with Crippen LogP contribution in [0.2, 0.25) is 0 Å². The Labute approximate surface area is 104 Å². The highest BCUT2D eigenvalue weighted by atomic mass is 16.5. The predicted octanol–water partition coefficient (Wildman–Crippen LogP) is 3.01. The second-order valence-corrected chi connectivity index (χ2v) is 3.56. The quantitative estimate of drug-likeness (QED) is 0.672. The van der Waals surface area contributed by atoms with Crippen LogP contribution in [-0.4, -0.2) is 16.5 Å². The SMILES string of the molecule is [2H]c1cc(OC)cc([2H])c1-c1nc2ccccn2c1[2H]. The van der Waals surface area contributed by atoms with Gasteiger partial charge in [-0.05, 0) is 36.4 Å². The highest BCUT2D eigenvalue weighted by Gasteiger charge is 2.03. The Bertz CT molecular complexity index is 775. The number of hydrogen-bond acceptors (Lipinski definition) is 2. The van der Waals surface area contributed by atoms with Gasteiger partial charge in [-0.3, -0.25) is 0 Å². The van der Waals surface area contributed by atoms with Gasteiger partial charge in [0.25, 0.3) is 0 Å². The molecule has 0 fully saturated rings. The fourth-order valence-corrected chi connectivity index (χ4v) is 1.61. The van der Waals surface area contributed by atoms with Gasteiger partial charge in [0, 0.05) is 17.9 Å². The number of rotatable bonds is 2. The molecule has 17 heavy (non-hydrogen) atoms. The topological polar surface area (TPSA) is 26.5 Å². The third kappa shape index (κ3) is 1.76. The van der Waals surface area contributed by atoms with Crippen molar-refractivity contribution in [1.82, 2.24) is 9.38 Å². The molecule has 0 unspecified atom stereocenters. The fourth-order valence-electron chi connectivity index (χ4n) is 1.61.